The van der Waals surface area contributed by atoms with Crippen LogP contribution in [-0.4, -0.2) is 24.1 Å². The van der Waals surface area contributed by atoms with Crippen LogP contribution in [-0.2, 0) is 5.41 Å². The smallest absolute Gasteiger partial charge is 0.409 e. The van der Waals surface area contributed by atoms with Crippen molar-refractivity contribution in [2.24, 2.45) is 0 Å². The van der Waals surface area contributed by atoms with Crippen LogP contribution in [0.15, 0.2) is 36.4 Å². The van der Waals surface area contributed by atoms with Gasteiger partial charge < -0.3 is 18.9 Å². The number of ether oxygens (including phenoxy) is 4. The molecule has 0 amide bonds. The maximum atomic E-state index is 11.0. The van der Waals surface area contributed by atoms with Gasteiger partial charge in [-0.05, 0) is 36.4 Å². The fourth-order valence-corrected chi connectivity index (χ4v) is 3.41. The Balaban J connectivity index is 1.80. The van der Waals surface area contributed by atoms with Crippen molar-refractivity contribution in [3.8, 4) is 23.0 Å². The van der Waals surface area contributed by atoms with Crippen molar-refractivity contribution in [3.63, 3.8) is 0 Å². The Morgan fingerprint density at radius 1 is 0.840 bits per heavy atom. The fraction of sp³-hybridized carbons (Fsp3) is 0.176. The van der Waals surface area contributed by atoms with E-state index in [1.807, 2.05) is 0 Å². The van der Waals surface area contributed by atoms with E-state index >= 15 is 0 Å². The molecule has 0 radical (unpaired) electrons. The molecular formula is C17H10Cl2O6. The van der Waals surface area contributed by atoms with Crippen LogP contribution in [0.2, 0.25) is 0 Å². The van der Waals surface area contributed by atoms with Gasteiger partial charge >= 0.3 is 10.9 Å². The van der Waals surface area contributed by atoms with E-state index in [1.54, 1.807) is 36.4 Å². The zero-order chi connectivity index (χ0) is 17.6. The monoisotopic (exact) mass is 380 g/mol. The Kier molecular flexibility index (Phi) is 3.74. The summed E-state index contributed by atoms with van der Waals surface area (Å²) in [7, 11) is 0. The maximum absolute atomic E-state index is 11.0. The first-order chi connectivity index (χ1) is 12.0. The molecule has 1 spiro atoms. The van der Waals surface area contributed by atoms with Crippen LogP contribution in [0.4, 0.5) is 9.59 Å². The third-order valence-electron chi connectivity index (χ3n) is 4.28. The second-order valence-electron chi connectivity index (χ2n) is 5.65. The molecule has 8 heteroatoms. The minimum Gasteiger partial charge on any atom is -0.492 e. The summed E-state index contributed by atoms with van der Waals surface area (Å²) in [5, 5.41) is 0. The van der Waals surface area contributed by atoms with Crippen molar-refractivity contribution in [1.82, 2.24) is 0 Å². The van der Waals surface area contributed by atoms with Gasteiger partial charge in [-0.3, -0.25) is 0 Å². The molecule has 25 heavy (non-hydrogen) atoms. The highest BCUT2D eigenvalue weighted by molar-refractivity contribution is 6.61. The van der Waals surface area contributed by atoms with Gasteiger partial charge in [0.05, 0.1) is 5.41 Å². The fourth-order valence-electron chi connectivity index (χ4n) is 3.23. The van der Waals surface area contributed by atoms with E-state index in [9.17, 15) is 9.59 Å². The molecule has 2 heterocycles. The molecule has 0 saturated heterocycles. The van der Waals surface area contributed by atoms with Gasteiger partial charge in [-0.2, -0.15) is 0 Å². The van der Waals surface area contributed by atoms with Gasteiger partial charge in [-0.25, -0.2) is 9.59 Å². The molecule has 0 saturated carbocycles. The number of hydrogen-bond acceptors (Lipinski definition) is 6. The molecule has 128 valence electrons. The Labute approximate surface area is 152 Å². The maximum Gasteiger partial charge on any atom is 0.409 e. The summed E-state index contributed by atoms with van der Waals surface area (Å²) in [5.74, 6) is 1.93. The van der Waals surface area contributed by atoms with E-state index in [0.717, 1.165) is 11.1 Å². The number of carbonyl (C=O) groups excluding carboxylic acids is 2. The predicted octanol–water partition coefficient (Wildman–Crippen LogP) is 4.23. The lowest BCUT2D eigenvalue weighted by Gasteiger charge is -2.21. The van der Waals surface area contributed by atoms with E-state index in [1.165, 1.54) is 0 Å². The van der Waals surface area contributed by atoms with Crippen molar-refractivity contribution in [2.75, 3.05) is 13.2 Å². The number of rotatable bonds is 2. The van der Waals surface area contributed by atoms with E-state index in [0.29, 0.717) is 36.2 Å². The van der Waals surface area contributed by atoms with Gasteiger partial charge in [0.1, 0.15) is 36.2 Å². The second-order valence-corrected chi connectivity index (χ2v) is 6.27. The molecule has 0 atom stereocenters. The van der Waals surface area contributed by atoms with E-state index in [4.69, 9.17) is 42.1 Å². The van der Waals surface area contributed by atoms with E-state index < -0.39 is 16.3 Å². The highest BCUT2D eigenvalue weighted by Gasteiger charge is 2.49. The number of halogens is 2. The summed E-state index contributed by atoms with van der Waals surface area (Å²) in [6.45, 7) is 0.678. The highest BCUT2D eigenvalue weighted by Crippen LogP contribution is 2.52. The third-order valence-corrected chi connectivity index (χ3v) is 4.43. The summed E-state index contributed by atoms with van der Waals surface area (Å²) in [6, 6.07) is 10.0. The van der Waals surface area contributed by atoms with Crippen LogP contribution >= 0.6 is 23.2 Å². The van der Waals surface area contributed by atoms with Crippen LogP contribution in [0.25, 0.3) is 0 Å². The van der Waals surface area contributed by atoms with Gasteiger partial charge in [0.25, 0.3) is 0 Å². The van der Waals surface area contributed by atoms with Crippen molar-refractivity contribution >= 4 is 34.1 Å². The molecule has 2 aromatic rings. The minimum absolute atomic E-state index is 0.306. The Morgan fingerprint density at radius 2 is 1.28 bits per heavy atom. The first-order valence-electron chi connectivity index (χ1n) is 7.27. The summed E-state index contributed by atoms with van der Waals surface area (Å²) in [4.78, 5) is 22.0. The molecule has 6 nitrogen and oxygen atoms in total. The van der Waals surface area contributed by atoms with Gasteiger partial charge in [0.2, 0.25) is 0 Å². The third kappa shape index (κ3) is 2.67. The first-order valence-corrected chi connectivity index (χ1v) is 8.03. The average molecular weight is 381 g/mol. The topological polar surface area (TPSA) is 71.1 Å². The largest absolute Gasteiger partial charge is 0.492 e. The van der Waals surface area contributed by atoms with Gasteiger partial charge in [0, 0.05) is 34.3 Å². The molecule has 0 N–H and O–H groups in total. The normalized spacial score (nSPS) is 15.8. The Morgan fingerprint density at radius 3 is 1.68 bits per heavy atom. The molecule has 0 fully saturated rings. The molecule has 2 aliphatic rings. The van der Waals surface area contributed by atoms with E-state index in [2.05, 4.69) is 0 Å². The predicted molar refractivity (Wildman–Crippen MR) is 88.4 cm³/mol. The van der Waals surface area contributed by atoms with Crippen LogP contribution < -0.4 is 18.9 Å². The molecule has 2 aromatic carbocycles. The minimum atomic E-state index is -0.924. The SMILES string of the molecule is O=C(Cl)Oc1ccc2c(c1)C1(CO2)COc2ccc(OC(=O)Cl)cc21. The molecule has 0 aromatic heterocycles. The zero-order valence-corrected chi connectivity index (χ0v) is 14.1. The lowest BCUT2D eigenvalue weighted by atomic mass is 9.78. The number of fused-ring (bicyclic) bond motifs is 4. The summed E-state index contributed by atoms with van der Waals surface area (Å²) in [6.07, 6.45) is 0. The Hall–Kier alpha value is -2.44. The molecular weight excluding hydrogens is 371 g/mol. The standard InChI is InChI=1S/C17H10Cl2O6/c18-15(20)24-9-1-3-13-11(5-9)17(7-22-13)8-23-14-4-2-10(6-12(14)17)25-16(19)21/h1-6H,7-8H2. The highest BCUT2D eigenvalue weighted by atomic mass is 35.5. The Bertz CT molecular complexity index is 821. The molecule has 0 aliphatic carbocycles. The average Bonchev–Trinajstić information content (AvgIpc) is 3.10. The number of hydrogen-bond donors (Lipinski definition) is 0. The molecule has 2 aliphatic heterocycles. The van der Waals surface area contributed by atoms with Crippen molar-refractivity contribution in [2.45, 2.75) is 5.41 Å². The first kappa shape index (κ1) is 16.1. The van der Waals surface area contributed by atoms with Crippen LogP contribution in [0.3, 0.4) is 0 Å². The number of benzene rings is 2. The van der Waals surface area contributed by atoms with Gasteiger partial charge in [-0.15, -0.1) is 0 Å². The zero-order valence-electron chi connectivity index (χ0n) is 12.6. The summed E-state index contributed by atoms with van der Waals surface area (Å²) in [5.41, 5.74) is -0.847. The van der Waals surface area contributed by atoms with Crippen LogP contribution in [0.5, 0.6) is 23.0 Å². The van der Waals surface area contributed by atoms with Gasteiger partial charge in [0.15, 0.2) is 0 Å². The van der Waals surface area contributed by atoms with Crippen molar-refractivity contribution in [1.29, 1.82) is 0 Å². The van der Waals surface area contributed by atoms with Crippen LogP contribution in [0, 0.1) is 0 Å². The molecule has 0 unspecified atom stereocenters. The lowest BCUT2D eigenvalue weighted by Crippen LogP contribution is -2.31. The van der Waals surface area contributed by atoms with Crippen molar-refractivity contribution < 1.29 is 28.5 Å². The van der Waals surface area contributed by atoms with Crippen molar-refractivity contribution in [3.05, 3.63) is 47.5 Å². The molecule has 4 rings (SSSR count). The quantitative estimate of drug-likeness (QED) is 0.725. The molecule has 0 bridgehead atoms. The lowest BCUT2D eigenvalue weighted by molar-refractivity contribution is 0.224. The van der Waals surface area contributed by atoms with E-state index in [-0.39, 0.29) is 0 Å². The summed E-state index contributed by atoms with van der Waals surface area (Å²) < 4.78 is 21.5. The number of carbonyl (C=O) groups is 2. The summed E-state index contributed by atoms with van der Waals surface area (Å²) >= 11 is 10.6. The second kappa shape index (κ2) is 5.82. The van der Waals surface area contributed by atoms with Gasteiger partial charge in [-0.1, -0.05) is 0 Å². The van der Waals surface area contributed by atoms with Crippen LogP contribution in [0.1, 0.15) is 11.1 Å².